The van der Waals surface area contributed by atoms with Gasteiger partial charge in [-0.2, -0.15) is 5.10 Å². The number of nitrogens with two attached hydrogens (primary N) is 1. The number of amides is 2. The number of carbonyl (C=O) groups excluding carboxylic acids is 2. The molecule has 7 heteroatoms. The van der Waals surface area contributed by atoms with Crippen LogP contribution in [0.25, 0.3) is 0 Å². The number of nitrogens with one attached hydrogen (secondary N) is 1. The average Bonchev–Trinajstić information content (AvgIpc) is 2.39. The fourth-order valence-corrected chi connectivity index (χ4v) is 1.21. The van der Waals surface area contributed by atoms with Gasteiger partial charge in [-0.3, -0.25) is 4.79 Å². The molecule has 19 heavy (non-hydrogen) atoms. The van der Waals surface area contributed by atoms with Crippen LogP contribution >= 0.6 is 0 Å². The van der Waals surface area contributed by atoms with E-state index in [4.69, 9.17) is 15.2 Å². The van der Waals surface area contributed by atoms with Crippen LogP contribution in [0.3, 0.4) is 0 Å². The lowest BCUT2D eigenvalue weighted by molar-refractivity contribution is -0.134. The van der Waals surface area contributed by atoms with Crippen LogP contribution < -0.4 is 20.6 Å². The summed E-state index contributed by atoms with van der Waals surface area (Å²) in [6, 6.07) is 4.10. The second kappa shape index (κ2) is 7.00. The first-order chi connectivity index (χ1) is 9.06. The minimum Gasteiger partial charge on any atom is -0.493 e. The van der Waals surface area contributed by atoms with E-state index in [1.165, 1.54) is 13.3 Å². The minimum atomic E-state index is -0.753. The number of ether oxygens (including phenoxy) is 2. The van der Waals surface area contributed by atoms with Crippen molar-refractivity contribution in [3.8, 4) is 11.5 Å². The quantitative estimate of drug-likeness (QED) is 0.359. The number of carbonyl (C=O) groups is 2. The minimum absolute atomic E-state index is 0.273. The molecule has 0 heterocycles. The smallest absolute Gasteiger partial charge is 0.332 e. The van der Waals surface area contributed by atoms with Crippen molar-refractivity contribution in [2.75, 3.05) is 7.11 Å². The molecule has 0 aliphatic rings. The van der Waals surface area contributed by atoms with Crippen molar-refractivity contribution in [1.29, 1.82) is 0 Å². The van der Waals surface area contributed by atoms with E-state index in [2.05, 4.69) is 10.5 Å². The molecule has 0 saturated carbocycles. The number of hydrogen-bond donors (Lipinski definition) is 2. The molecule has 1 aromatic rings. The topological polar surface area (TPSA) is 103 Å². The first-order valence-electron chi connectivity index (χ1n) is 5.54. The van der Waals surface area contributed by atoms with Crippen molar-refractivity contribution in [2.45, 2.75) is 13.3 Å². The summed E-state index contributed by atoms with van der Waals surface area (Å²) in [5.74, 6) is 0.370. The van der Waals surface area contributed by atoms with Gasteiger partial charge in [0, 0.05) is 6.42 Å². The van der Waals surface area contributed by atoms with Gasteiger partial charge in [-0.25, -0.2) is 10.2 Å². The summed E-state index contributed by atoms with van der Waals surface area (Å²) in [7, 11) is 1.46. The van der Waals surface area contributed by atoms with Gasteiger partial charge in [0.05, 0.1) is 13.3 Å². The number of rotatable bonds is 5. The highest BCUT2D eigenvalue weighted by Gasteiger charge is 2.08. The van der Waals surface area contributed by atoms with Crippen LogP contribution in [0.2, 0.25) is 0 Å². The van der Waals surface area contributed by atoms with Crippen molar-refractivity contribution in [2.24, 2.45) is 10.8 Å². The third-order valence-corrected chi connectivity index (χ3v) is 2.09. The first kappa shape index (κ1) is 14.5. The highest BCUT2D eigenvalue weighted by molar-refractivity contribution is 5.83. The van der Waals surface area contributed by atoms with Crippen LogP contribution in [0.4, 0.5) is 4.79 Å². The highest BCUT2D eigenvalue weighted by Crippen LogP contribution is 2.27. The molecule has 0 spiro atoms. The fraction of sp³-hybridized carbons (Fsp3) is 0.250. The van der Waals surface area contributed by atoms with Crippen molar-refractivity contribution in [3.05, 3.63) is 23.8 Å². The van der Waals surface area contributed by atoms with Gasteiger partial charge in [-0.15, -0.1) is 0 Å². The molecule has 0 aliphatic carbocycles. The lowest BCUT2D eigenvalue weighted by Crippen LogP contribution is -2.24. The lowest BCUT2D eigenvalue weighted by atomic mass is 10.2. The molecular formula is C12H15N3O4. The van der Waals surface area contributed by atoms with Crippen molar-refractivity contribution in [1.82, 2.24) is 5.43 Å². The van der Waals surface area contributed by atoms with Crippen molar-refractivity contribution < 1.29 is 19.1 Å². The van der Waals surface area contributed by atoms with E-state index in [-0.39, 0.29) is 12.4 Å². The average molecular weight is 265 g/mol. The second-order valence-corrected chi connectivity index (χ2v) is 3.47. The van der Waals surface area contributed by atoms with Crippen LogP contribution in [0.15, 0.2) is 23.3 Å². The van der Waals surface area contributed by atoms with Crippen LogP contribution in [0, 0.1) is 0 Å². The van der Waals surface area contributed by atoms with Gasteiger partial charge in [-0.1, -0.05) is 6.92 Å². The standard InChI is InChI=1S/C12H15N3O4/c1-3-11(16)19-9-5-4-8(6-10(9)18-2)7-14-15-12(13)17/h4-7H,3H2,1-2H3,(H3,13,15,17). The Morgan fingerprint density at radius 1 is 1.42 bits per heavy atom. The number of esters is 1. The predicted molar refractivity (Wildman–Crippen MR) is 69.2 cm³/mol. The maximum Gasteiger partial charge on any atom is 0.332 e. The summed E-state index contributed by atoms with van der Waals surface area (Å²) in [5.41, 5.74) is 7.59. The Kier molecular flexibility index (Phi) is 5.34. The van der Waals surface area contributed by atoms with E-state index >= 15 is 0 Å². The molecule has 1 rings (SSSR count). The molecule has 0 aliphatic heterocycles. The SMILES string of the molecule is CCC(=O)Oc1ccc(C=NNC(N)=O)cc1OC. The fourth-order valence-electron chi connectivity index (χ4n) is 1.21. The highest BCUT2D eigenvalue weighted by atomic mass is 16.6. The van der Waals surface area contributed by atoms with E-state index in [0.29, 0.717) is 17.1 Å². The Morgan fingerprint density at radius 2 is 2.16 bits per heavy atom. The summed E-state index contributed by atoms with van der Waals surface area (Å²) in [6.07, 6.45) is 1.66. The molecule has 0 saturated heterocycles. The number of hydrazone groups is 1. The molecule has 0 atom stereocenters. The zero-order valence-electron chi connectivity index (χ0n) is 10.7. The summed E-state index contributed by atoms with van der Waals surface area (Å²) < 4.78 is 10.2. The van der Waals surface area contributed by atoms with Crippen LogP contribution in [0.5, 0.6) is 11.5 Å². The Labute approximate surface area is 110 Å². The first-order valence-corrected chi connectivity index (χ1v) is 5.54. The van der Waals surface area contributed by atoms with Gasteiger partial charge >= 0.3 is 12.0 Å². The number of benzene rings is 1. The number of urea groups is 1. The van der Waals surface area contributed by atoms with Gasteiger partial charge in [0.15, 0.2) is 11.5 Å². The van der Waals surface area contributed by atoms with Crippen molar-refractivity contribution >= 4 is 18.2 Å². The maximum absolute atomic E-state index is 11.2. The van der Waals surface area contributed by atoms with Crippen LogP contribution in [-0.4, -0.2) is 25.3 Å². The zero-order valence-corrected chi connectivity index (χ0v) is 10.7. The summed E-state index contributed by atoms with van der Waals surface area (Å²) in [5, 5.41) is 3.61. The van der Waals surface area contributed by atoms with E-state index in [0.717, 1.165) is 0 Å². The molecule has 2 amide bonds. The number of nitrogens with zero attached hydrogens (tertiary/aromatic N) is 1. The maximum atomic E-state index is 11.2. The lowest BCUT2D eigenvalue weighted by Gasteiger charge is -2.08. The molecular weight excluding hydrogens is 250 g/mol. The molecule has 0 bridgehead atoms. The number of hydrogen-bond acceptors (Lipinski definition) is 5. The van der Waals surface area contributed by atoms with E-state index in [1.807, 2.05) is 0 Å². The molecule has 102 valence electrons. The second-order valence-electron chi connectivity index (χ2n) is 3.47. The van der Waals surface area contributed by atoms with Crippen molar-refractivity contribution in [3.63, 3.8) is 0 Å². The number of primary amides is 1. The number of methoxy groups -OCH3 is 1. The molecule has 0 aromatic heterocycles. The summed E-state index contributed by atoms with van der Waals surface area (Å²) in [6.45, 7) is 1.70. The Morgan fingerprint density at radius 3 is 2.74 bits per heavy atom. The van der Waals surface area contributed by atoms with Gasteiger partial charge in [-0.05, 0) is 23.8 Å². The molecule has 0 fully saturated rings. The third kappa shape index (κ3) is 4.66. The molecule has 1 aromatic carbocycles. The Bertz CT molecular complexity index is 500. The van der Waals surface area contributed by atoms with E-state index in [1.54, 1.807) is 25.1 Å². The Balaban J connectivity index is 2.86. The molecule has 0 unspecified atom stereocenters. The van der Waals surface area contributed by atoms with Gasteiger partial charge < -0.3 is 15.2 Å². The van der Waals surface area contributed by atoms with Crippen LogP contribution in [0.1, 0.15) is 18.9 Å². The largest absolute Gasteiger partial charge is 0.493 e. The van der Waals surface area contributed by atoms with E-state index in [9.17, 15) is 9.59 Å². The summed E-state index contributed by atoms with van der Waals surface area (Å²) >= 11 is 0. The molecule has 0 radical (unpaired) electrons. The Hall–Kier alpha value is -2.57. The molecule has 7 nitrogen and oxygen atoms in total. The predicted octanol–water partition coefficient (Wildman–Crippen LogP) is 1.01. The van der Waals surface area contributed by atoms with Gasteiger partial charge in [0.1, 0.15) is 0 Å². The zero-order chi connectivity index (χ0) is 14.3. The third-order valence-electron chi connectivity index (χ3n) is 2.09. The molecule has 3 N–H and O–H groups in total. The van der Waals surface area contributed by atoms with Crippen LogP contribution in [-0.2, 0) is 4.79 Å². The monoisotopic (exact) mass is 265 g/mol. The van der Waals surface area contributed by atoms with E-state index < -0.39 is 6.03 Å². The van der Waals surface area contributed by atoms with Gasteiger partial charge in [0.2, 0.25) is 0 Å². The van der Waals surface area contributed by atoms with Gasteiger partial charge in [0.25, 0.3) is 0 Å². The normalized spacial score (nSPS) is 10.2. The summed E-state index contributed by atoms with van der Waals surface area (Å²) in [4.78, 5) is 21.7.